The summed E-state index contributed by atoms with van der Waals surface area (Å²) in [5, 5.41) is 2.11. The number of carbonyl (C=O) groups is 2. The number of piperazine rings is 1. The molecule has 0 radical (unpaired) electrons. The zero-order valence-electron chi connectivity index (χ0n) is 10.3. The van der Waals surface area contributed by atoms with E-state index in [0.29, 0.717) is 6.42 Å². The second-order valence-electron chi connectivity index (χ2n) is 3.77. The van der Waals surface area contributed by atoms with Gasteiger partial charge in [-0.3, -0.25) is 14.9 Å². The lowest BCUT2D eigenvalue weighted by molar-refractivity contribution is -0.137. The smallest absolute Gasteiger partial charge is 0.280 e. The fraction of sp³-hybridized carbons (Fsp3) is 0.778. The number of amides is 2. The monoisotopic (exact) mass is 279 g/mol. The molecule has 8 nitrogen and oxygen atoms in total. The van der Waals surface area contributed by atoms with E-state index in [0.717, 1.165) is 4.31 Å². The normalized spacial score (nSPS) is 22.0. The SMILES string of the molecule is CCC1C(=O)NC(=O)CN1S(=O)(=O)NCCOC. The van der Waals surface area contributed by atoms with Crippen LogP contribution in [0.3, 0.4) is 0 Å². The van der Waals surface area contributed by atoms with Gasteiger partial charge in [-0.05, 0) is 6.42 Å². The molecule has 1 fully saturated rings. The summed E-state index contributed by atoms with van der Waals surface area (Å²) in [7, 11) is -2.42. The number of hydrogen-bond donors (Lipinski definition) is 2. The fourth-order valence-electron chi connectivity index (χ4n) is 1.64. The Kier molecular flexibility index (Phi) is 5.20. The van der Waals surface area contributed by atoms with E-state index < -0.39 is 28.1 Å². The van der Waals surface area contributed by atoms with Gasteiger partial charge in [0, 0.05) is 13.7 Å². The van der Waals surface area contributed by atoms with E-state index >= 15 is 0 Å². The van der Waals surface area contributed by atoms with Gasteiger partial charge < -0.3 is 4.74 Å². The summed E-state index contributed by atoms with van der Waals surface area (Å²) in [5.74, 6) is -1.22. The number of nitrogens with zero attached hydrogens (tertiary/aromatic N) is 1. The Morgan fingerprint density at radius 3 is 2.72 bits per heavy atom. The Morgan fingerprint density at radius 2 is 2.17 bits per heavy atom. The van der Waals surface area contributed by atoms with Gasteiger partial charge in [0.1, 0.15) is 6.04 Å². The lowest BCUT2D eigenvalue weighted by Gasteiger charge is -2.32. The topological polar surface area (TPSA) is 105 Å². The molecule has 0 spiro atoms. The van der Waals surface area contributed by atoms with E-state index in [2.05, 4.69) is 10.0 Å². The molecule has 18 heavy (non-hydrogen) atoms. The summed E-state index contributed by atoms with van der Waals surface area (Å²) in [4.78, 5) is 22.8. The molecule has 1 aliphatic heterocycles. The van der Waals surface area contributed by atoms with Gasteiger partial charge in [-0.25, -0.2) is 0 Å². The van der Waals surface area contributed by atoms with Crippen molar-refractivity contribution in [1.29, 1.82) is 0 Å². The molecule has 0 aromatic carbocycles. The zero-order chi connectivity index (χ0) is 13.8. The predicted octanol–water partition coefficient (Wildman–Crippen LogP) is -1.80. The molecule has 1 rings (SSSR count). The maximum absolute atomic E-state index is 11.9. The van der Waals surface area contributed by atoms with Crippen molar-refractivity contribution in [3.05, 3.63) is 0 Å². The van der Waals surface area contributed by atoms with E-state index in [-0.39, 0.29) is 19.7 Å². The zero-order valence-corrected chi connectivity index (χ0v) is 11.1. The summed E-state index contributed by atoms with van der Waals surface area (Å²) >= 11 is 0. The van der Waals surface area contributed by atoms with Gasteiger partial charge in [-0.15, -0.1) is 0 Å². The van der Waals surface area contributed by atoms with Crippen LogP contribution in [-0.2, 0) is 24.5 Å². The molecular formula is C9H17N3O5S. The van der Waals surface area contributed by atoms with E-state index in [1.54, 1.807) is 6.92 Å². The van der Waals surface area contributed by atoms with Crippen LogP contribution >= 0.6 is 0 Å². The van der Waals surface area contributed by atoms with E-state index in [1.165, 1.54) is 7.11 Å². The van der Waals surface area contributed by atoms with Crippen LogP contribution in [0.2, 0.25) is 0 Å². The van der Waals surface area contributed by atoms with Crippen molar-refractivity contribution in [3.63, 3.8) is 0 Å². The molecule has 0 aliphatic carbocycles. The largest absolute Gasteiger partial charge is 0.383 e. The third-order valence-electron chi connectivity index (χ3n) is 2.50. The third-order valence-corrected chi connectivity index (χ3v) is 4.07. The number of nitrogens with one attached hydrogen (secondary N) is 2. The highest BCUT2D eigenvalue weighted by molar-refractivity contribution is 7.87. The van der Waals surface area contributed by atoms with E-state index in [9.17, 15) is 18.0 Å². The molecule has 9 heteroatoms. The summed E-state index contributed by atoms with van der Waals surface area (Å²) in [6.07, 6.45) is 0.296. The first-order chi connectivity index (χ1) is 8.42. The van der Waals surface area contributed by atoms with Crippen LogP contribution in [0.5, 0.6) is 0 Å². The van der Waals surface area contributed by atoms with Crippen LogP contribution in [0.1, 0.15) is 13.3 Å². The number of imide groups is 1. The van der Waals surface area contributed by atoms with Crippen molar-refractivity contribution >= 4 is 22.0 Å². The lowest BCUT2D eigenvalue weighted by atomic mass is 10.2. The number of ether oxygens (including phenoxy) is 1. The number of methoxy groups -OCH3 is 1. The van der Waals surface area contributed by atoms with Crippen molar-refractivity contribution in [2.24, 2.45) is 0 Å². The maximum atomic E-state index is 11.9. The van der Waals surface area contributed by atoms with Crippen molar-refractivity contribution in [3.8, 4) is 0 Å². The molecule has 1 saturated heterocycles. The van der Waals surface area contributed by atoms with Crippen molar-refractivity contribution in [2.75, 3.05) is 26.8 Å². The molecular weight excluding hydrogens is 262 g/mol. The van der Waals surface area contributed by atoms with Crippen molar-refractivity contribution < 1.29 is 22.7 Å². The summed E-state index contributed by atoms with van der Waals surface area (Å²) in [5.41, 5.74) is 0. The predicted molar refractivity (Wildman–Crippen MR) is 62.7 cm³/mol. The first-order valence-corrected chi connectivity index (χ1v) is 6.95. The number of hydrogen-bond acceptors (Lipinski definition) is 5. The van der Waals surface area contributed by atoms with Gasteiger partial charge >= 0.3 is 0 Å². The molecule has 2 N–H and O–H groups in total. The summed E-state index contributed by atoms with van der Waals surface area (Å²) < 4.78 is 31.8. The minimum Gasteiger partial charge on any atom is -0.383 e. The molecule has 2 amide bonds. The lowest BCUT2D eigenvalue weighted by Crippen LogP contribution is -2.61. The van der Waals surface area contributed by atoms with Gasteiger partial charge in [0.25, 0.3) is 10.2 Å². The molecule has 1 heterocycles. The number of rotatable bonds is 6. The maximum Gasteiger partial charge on any atom is 0.280 e. The third kappa shape index (κ3) is 3.48. The van der Waals surface area contributed by atoms with Gasteiger partial charge in [0.15, 0.2) is 0 Å². The highest BCUT2D eigenvalue weighted by atomic mass is 32.2. The molecule has 1 atom stereocenters. The van der Waals surface area contributed by atoms with Gasteiger partial charge in [-0.2, -0.15) is 17.4 Å². The van der Waals surface area contributed by atoms with Gasteiger partial charge in [0.05, 0.1) is 13.2 Å². The van der Waals surface area contributed by atoms with Crippen LogP contribution < -0.4 is 10.0 Å². The minimum absolute atomic E-state index is 0.0849. The Hall–Kier alpha value is -1.03. The quantitative estimate of drug-likeness (QED) is 0.441. The average Bonchev–Trinajstić information content (AvgIpc) is 2.28. The highest BCUT2D eigenvalue weighted by Gasteiger charge is 2.39. The van der Waals surface area contributed by atoms with Gasteiger partial charge in [-0.1, -0.05) is 6.92 Å². The van der Waals surface area contributed by atoms with Crippen molar-refractivity contribution in [1.82, 2.24) is 14.3 Å². The fourth-order valence-corrected chi connectivity index (χ4v) is 3.01. The first-order valence-electron chi connectivity index (χ1n) is 5.51. The Balaban J connectivity index is 2.82. The van der Waals surface area contributed by atoms with Crippen LogP contribution in [0, 0.1) is 0 Å². The first kappa shape index (κ1) is 15.0. The van der Waals surface area contributed by atoms with E-state index in [1.807, 2.05) is 0 Å². The Labute approximate surface area is 106 Å². The number of carbonyl (C=O) groups excluding carboxylic acids is 2. The van der Waals surface area contributed by atoms with Crippen LogP contribution in [-0.4, -0.2) is 57.4 Å². The molecule has 1 aliphatic rings. The van der Waals surface area contributed by atoms with Crippen LogP contribution in [0.4, 0.5) is 0 Å². The van der Waals surface area contributed by atoms with Crippen molar-refractivity contribution in [2.45, 2.75) is 19.4 Å². The summed E-state index contributed by atoms with van der Waals surface area (Å²) in [6.45, 7) is 1.62. The summed E-state index contributed by atoms with van der Waals surface area (Å²) in [6, 6.07) is -0.859. The molecule has 0 saturated carbocycles. The van der Waals surface area contributed by atoms with Gasteiger partial charge in [0.2, 0.25) is 11.8 Å². The van der Waals surface area contributed by atoms with E-state index in [4.69, 9.17) is 4.74 Å². The molecule has 104 valence electrons. The van der Waals surface area contributed by atoms with Crippen LogP contribution in [0.25, 0.3) is 0 Å². The Morgan fingerprint density at radius 1 is 1.50 bits per heavy atom. The molecule has 0 aromatic rings. The Bertz CT molecular complexity index is 422. The minimum atomic E-state index is -3.86. The molecule has 0 bridgehead atoms. The standard InChI is InChI=1S/C9H17N3O5S/c1-3-7-9(14)11-8(13)6-12(7)18(15,16)10-4-5-17-2/h7,10H,3-6H2,1-2H3,(H,11,13,14). The molecule has 1 unspecified atom stereocenters. The second-order valence-corrected chi connectivity index (χ2v) is 5.48. The highest BCUT2D eigenvalue weighted by Crippen LogP contribution is 2.12. The van der Waals surface area contributed by atoms with Crippen LogP contribution in [0.15, 0.2) is 0 Å². The second kappa shape index (κ2) is 6.23. The average molecular weight is 279 g/mol. The molecule has 0 aromatic heterocycles.